The van der Waals surface area contributed by atoms with Gasteiger partial charge in [0.15, 0.2) is 11.4 Å². The lowest BCUT2D eigenvalue weighted by atomic mass is 9.95. The van der Waals surface area contributed by atoms with Crippen LogP contribution in [-0.4, -0.2) is 23.2 Å². The van der Waals surface area contributed by atoms with Crippen LogP contribution in [0.2, 0.25) is 0 Å². The molecule has 0 radical (unpaired) electrons. The van der Waals surface area contributed by atoms with E-state index >= 15 is 0 Å². The van der Waals surface area contributed by atoms with Crippen molar-refractivity contribution < 1.29 is 19.0 Å². The zero-order valence-electron chi connectivity index (χ0n) is 20.0. The molecule has 174 valence electrons. The van der Waals surface area contributed by atoms with E-state index in [0.29, 0.717) is 52.0 Å². The first-order valence-corrected chi connectivity index (χ1v) is 11.4. The normalized spacial score (nSPS) is 14.6. The molecule has 1 aromatic heterocycles. The van der Waals surface area contributed by atoms with Crippen molar-refractivity contribution in [3.63, 3.8) is 0 Å². The molecule has 0 atom stereocenters. The number of rotatable bonds is 4. The van der Waals surface area contributed by atoms with Crippen LogP contribution in [0.15, 0.2) is 53.0 Å². The maximum absolute atomic E-state index is 13.8. The molecule has 0 spiro atoms. The van der Waals surface area contributed by atoms with Gasteiger partial charge >= 0.3 is 5.97 Å². The largest absolute Gasteiger partial charge is 0.496 e. The first-order chi connectivity index (χ1) is 16.2. The van der Waals surface area contributed by atoms with Crippen molar-refractivity contribution in [1.82, 2.24) is 4.57 Å². The molecule has 1 aliphatic rings. The molecular weight excluding hydrogens is 430 g/mol. The molecular formula is C28H27NO5. The van der Waals surface area contributed by atoms with Gasteiger partial charge in [-0.25, -0.2) is 0 Å². The second-order valence-corrected chi connectivity index (χ2v) is 9.16. The molecule has 5 rings (SSSR count). The van der Waals surface area contributed by atoms with E-state index < -0.39 is 5.60 Å². The number of benzene rings is 3. The molecule has 34 heavy (non-hydrogen) atoms. The van der Waals surface area contributed by atoms with Gasteiger partial charge in [-0.15, -0.1) is 0 Å². The lowest BCUT2D eigenvalue weighted by Gasteiger charge is -2.33. The number of pyridine rings is 1. The van der Waals surface area contributed by atoms with E-state index in [-0.39, 0.29) is 11.4 Å². The molecule has 0 N–H and O–H groups in total. The molecule has 0 unspecified atom stereocenters. The van der Waals surface area contributed by atoms with Crippen molar-refractivity contribution in [2.75, 3.05) is 7.11 Å². The van der Waals surface area contributed by atoms with Crippen LogP contribution in [-0.2, 0) is 16.6 Å². The summed E-state index contributed by atoms with van der Waals surface area (Å²) in [5.74, 6) is 1.12. The van der Waals surface area contributed by atoms with Crippen molar-refractivity contribution >= 4 is 44.6 Å². The molecule has 4 aromatic rings. The molecule has 0 amide bonds. The summed E-state index contributed by atoms with van der Waals surface area (Å²) in [5.41, 5.74) is 1.18. The third-order valence-electron chi connectivity index (χ3n) is 6.43. The first kappa shape index (κ1) is 22.0. The van der Waals surface area contributed by atoms with Gasteiger partial charge in [0.05, 0.1) is 23.5 Å². The molecule has 0 bridgehead atoms. The van der Waals surface area contributed by atoms with Crippen LogP contribution in [0.3, 0.4) is 0 Å². The fraction of sp³-hybridized carbons (Fsp3) is 0.286. The van der Waals surface area contributed by atoms with E-state index in [2.05, 4.69) is 0 Å². The van der Waals surface area contributed by atoms with Crippen LogP contribution in [0.5, 0.6) is 11.5 Å². The summed E-state index contributed by atoms with van der Waals surface area (Å²) >= 11 is 0. The molecule has 6 heteroatoms. The lowest BCUT2D eigenvalue weighted by molar-refractivity contribution is -0.142. The van der Waals surface area contributed by atoms with Crippen LogP contribution in [0.4, 0.5) is 0 Å². The van der Waals surface area contributed by atoms with Gasteiger partial charge in [0, 0.05) is 30.5 Å². The van der Waals surface area contributed by atoms with Crippen LogP contribution in [0.25, 0.3) is 38.7 Å². The number of hydrogen-bond acceptors (Lipinski definition) is 5. The van der Waals surface area contributed by atoms with E-state index in [1.165, 1.54) is 0 Å². The number of fused-ring (bicyclic) bond motifs is 5. The molecule has 0 fully saturated rings. The minimum absolute atomic E-state index is 0.115. The van der Waals surface area contributed by atoms with Crippen molar-refractivity contribution in [2.24, 2.45) is 7.05 Å². The van der Waals surface area contributed by atoms with Crippen molar-refractivity contribution in [2.45, 2.75) is 39.2 Å². The number of ether oxygens (including phenoxy) is 3. The van der Waals surface area contributed by atoms with Gasteiger partial charge in [-0.05, 0) is 49.2 Å². The Morgan fingerprint density at radius 1 is 1.12 bits per heavy atom. The first-order valence-electron chi connectivity index (χ1n) is 11.4. The third kappa shape index (κ3) is 3.33. The van der Waals surface area contributed by atoms with E-state index in [4.69, 9.17) is 14.2 Å². The highest BCUT2D eigenvalue weighted by Crippen LogP contribution is 2.43. The molecule has 0 saturated heterocycles. The van der Waals surface area contributed by atoms with Gasteiger partial charge in [-0.1, -0.05) is 31.2 Å². The highest BCUT2D eigenvalue weighted by atomic mass is 16.6. The number of methoxy groups -OCH3 is 1. The standard InChI is InChI=1S/C28H27NO5/c1-6-9-24(30)33-23-14-19-21(34-28(23,2)3)15-22(32-5)25-26(19)29(4)20-13-17-11-8-7-10-16(17)12-18(20)27(25)31/h7-8,10-15H,6,9H2,1-5H3. The Hall–Kier alpha value is -3.80. The number of nitrogens with zero attached hydrogens (tertiary/aromatic N) is 1. The Morgan fingerprint density at radius 3 is 2.50 bits per heavy atom. The zero-order valence-corrected chi connectivity index (χ0v) is 20.0. The van der Waals surface area contributed by atoms with Crippen LogP contribution >= 0.6 is 0 Å². The predicted molar refractivity (Wildman–Crippen MR) is 134 cm³/mol. The minimum atomic E-state index is -0.860. The number of esters is 1. The van der Waals surface area contributed by atoms with E-state index in [0.717, 1.165) is 16.3 Å². The molecule has 2 heterocycles. The van der Waals surface area contributed by atoms with Gasteiger partial charge in [-0.3, -0.25) is 9.59 Å². The average Bonchev–Trinajstić information content (AvgIpc) is 2.81. The Bertz CT molecular complexity index is 1580. The molecule has 0 aliphatic carbocycles. The van der Waals surface area contributed by atoms with Gasteiger partial charge in [0.1, 0.15) is 11.5 Å². The van der Waals surface area contributed by atoms with Gasteiger partial charge in [-0.2, -0.15) is 0 Å². The molecule has 6 nitrogen and oxygen atoms in total. The average molecular weight is 458 g/mol. The quantitative estimate of drug-likeness (QED) is 0.290. The summed E-state index contributed by atoms with van der Waals surface area (Å²) in [7, 11) is 3.47. The molecule has 1 aliphatic heterocycles. The zero-order chi connectivity index (χ0) is 24.2. The summed E-state index contributed by atoms with van der Waals surface area (Å²) < 4.78 is 19.6. The number of carbonyl (C=O) groups excluding carboxylic acids is 1. The smallest absolute Gasteiger partial charge is 0.310 e. The maximum atomic E-state index is 13.8. The maximum Gasteiger partial charge on any atom is 0.310 e. The third-order valence-corrected chi connectivity index (χ3v) is 6.43. The van der Waals surface area contributed by atoms with Gasteiger partial charge in [0.25, 0.3) is 0 Å². The fourth-order valence-electron chi connectivity index (χ4n) is 4.69. The van der Waals surface area contributed by atoms with Crippen LogP contribution in [0, 0.1) is 0 Å². The number of hydrogen-bond donors (Lipinski definition) is 0. The van der Waals surface area contributed by atoms with Crippen molar-refractivity contribution in [1.29, 1.82) is 0 Å². The highest BCUT2D eigenvalue weighted by molar-refractivity contribution is 6.06. The van der Waals surface area contributed by atoms with Crippen molar-refractivity contribution in [3.8, 4) is 11.5 Å². The van der Waals surface area contributed by atoms with Crippen molar-refractivity contribution in [3.05, 3.63) is 64.0 Å². The van der Waals surface area contributed by atoms with Gasteiger partial charge < -0.3 is 18.8 Å². The second kappa shape index (κ2) is 7.90. The molecule has 0 saturated carbocycles. The highest BCUT2D eigenvalue weighted by Gasteiger charge is 2.35. The number of aromatic nitrogens is 1. The second-order valence-electron chi connectivity index (χ2n) is 9.16. The van der Waals surface area contributed by atoms with Gasteiger partial charge in [0.2, 0.25) is 5.43 Å². The van der Waals surface area contributed by atoms with E-state index in [9.17, 15) is 9.59 Å². The Morgan fingerprint density at radius 2 is 1.82 bits per heavy atom. The summed E-state index contributed by atoms with van der Waals surface area (Å²) in [6.07, 6.45) is 2.83. The number of aryl methyl sites for hydroxylation is 1. The summed E-state index contributed by atoms with van der Waals surface area (Å²) in [6.45, 7) is 5.63. The Kier molecular flexibility index (Phi) is 5.12. The predicted octanol–water partition coefficient (Wildman–Crippen LogP) is 5.71. The topological polar surface area (TPSA) is 66.8 Å². The number of carbonyl (C=O) groups is 1. The Balaban J connectivity index is 1.88. The summed E-state index contributed by atoms with van der Waals surface area (Å²) in [5, 5.41) is 3.12. The molecule has 3 aromatic carbocycles. The van der Waals surface area contributed by atoms with Crippen LogP contribution in [0.1, 0.15) is 39.2 Å². The monoisotopic (exact) mass is 457 g/mol. The fourth-order valence-corrected chi connectivity index (χ4v) is 4.69. The van der Waals surface area contributed by atoms with E-state index in [1.54, 1.807) is 13.2 Å². The van der Waals surface area contributed by atoms with E-state index in [1.807, 2.05) is 74.9 Å². The minimum Gasteiger partial charge on any atom is -0.496 e. The van der Waals surface area contributed by atoms with Crippen LogP contribution < -0.4 is 14.9 Å². The lowest BCUT2D eigenvalue weighted by Crippen LogP contribution is -2.35. The summed E-state index contributed by atoms with van der Waals surface area (Å²) in [4.78, 5) is 26.1. The SMILES string of the molecule is CCCC(=O)OC1=Cc2c(cc(OC)c3c(=O)c4cc5ccccc5cc4n(C)c23)OC1(C)C. The summed E-state index contributed by atoms with van der Waals surface area (Å²) in [6, 6.07) is 13.7. The Labute approximate surface area is 197 Å².